The Balaban J connectivity index is 2.20. The minimum atomic E-state index is -1.01. The fourth-order valence-electron chi connectivity index (χ4n) is 2.17. The number of carbonyl (C=O) groups is 2. The van der Waals surface area contributed by atoms with Gasteiger partial charge in [-0.15, -0.1) is 0 Å². The average Bonchev–Trinajstić information content (AvgIpc) is 2.37. The van der Waals surface area contributed by atoms with Crippen molar-refractivity contribution in [3.63, 3.8) is 0 Å². The second-order valence-corrected chi connectivity index (χ2v) is 4.76. The van der Waals surface area contributed by atoms with Gasteiger partial charge < -0.3 is 10.0 Å². The molecule has 1 aromatic carbocycles. The first kappa shape index (κ1) is 13.1. The molecule has 0 unspecified atom stereocenters. The minimum absolute atomic E-state index is 0.170. The van der Waals surface area contributed by atoms with Crippen LogP contribution in [0.5, 0.6) is 0 Å². The smallest absolute Gasteiger partial charge is 0.335 e. The molecule has 1 fully saturated rings. The molecule has 2 rings (SSSR count). The summed E-state index contributed by atoms with van der Waals surface area (Å²) in [6, 6.07) is 8.15. The lowest BCUT2D eigenvalue weighted by molar-refractivity contribution is -0.128. The van der Waals surface area contributed by atoms with Gasteiger partial charge in [-0.1, -0.05) is 0 Å². The highest BCUT2D eigenvalue weighted by Gasteiger charge is 2.46. The largest absolute Gasteiger partial charge is 0.478 e. The molecule has 1 N–H and O–H groups in total. The van der Waals surface area contributed by atoms with Crippen LogP contribution in [-0.2, 0) is 4.79 Å². The van der Waals surface area contributed by atoms with E-state index in [1.54, 1.807) is 19.2 Å². The summed E-state index contributed by atoms with van der Waals surface area (Å²) in [5, 5.41) is 18.0. The van der Waals surface area contributed by atoms with Crippen molar-refractivity contribution in [2.45, 2.75) is 19.3 Å². The summed E-state index contributed by atoms with van der Waals surface area (Å²) in [5.74, 6) is -1.22. The Labute approximate surface area is 111 Å². The zero-order valence-corrected chi connectivity index (χ0v) is 10.6. The van der Waals surface area contributed by atoms with Gasteiger partial charge in [0.25, 0.3) is 0 Å². The van der Waals surface area contributed by atoms with Gasteiger partial charge in [0.1, 0.15) is 5.41 Å². The van der Waals surface area contributed by atoms with Gasteiger partial charge in [0.2, 0.25) is 5.91 Å². The molecule has 0 saturated heterocycles. The lowest BCUT2D eigenvalue weighted by Crippen LogP contribution is -2.45. The zero-order chi connectivity index (χ0) is 14.0. The fourth-order valence-corrected chi connectivity index (χ4v) is 2.17. The molecular formula is C14H14N2O3. The van der Waals surface area contributed by atoms with E-state index >= 15 is 0 Å². The van der Waals surface area contributed by atoms with Gasteiger partial charge in [-0.05, 0) is 43.5 Å². The van der Waals surface area contributed by atoms with Crippen molar-refractivity contribution in [2.24, 2.45) is 5.41 Å². The van der Waals surface area contributed by atoms with Gasteiger partial charge in [0.15, 0.2) is 0 Å². The third-order valence-electron chi connectivity index (χ3n) is 3.64. The molecule has 1 saturated carbocycles. The molecule has 0 radical (unpaired) electrons. The number of hydrogen-bond acceptors (Lipinski definition) is 3. The van der Waals surface area contributed by atoms with Gasteiger partial charge in [0.05, 0.1) is 11.6 Å². The summed E-state index contributed by atoms with van der Waals surface area (Å²) in [7, 11) is 1.61. The first-order valence-electron chi connectivity index (χ1n) is 6.03. The van der Waals surface area contributed by atoms with Gasteiger partial charge in [-0.3, -0.25) is 4.79 Å². The second kappa shape index (κ2) is 4.73. The molecule has 0 atom stereocenters. The van der Waals surface area contributed by atoms with Crippen LogP contribution in [0.4, 0.5) is 5.69 Å². The number of aromatic carboxylic acids is 1. The van der Waals surface area contributed by atoms with Crippen LogP contribution in [0, 0.1) is 16.7 Å². The Morgan fingerprint density at radius 2 is 1.89 bits per heavy atom. The molecular weight excluding hydrogens is 244 g/mol. The highest BCUT2D eigenvalue weighted by molar-refractivity contribution is 6.00. The first-order chi connectivity index (χ1) is 9.00. The van der Waals surface area contributed by atoms with Crippen molar-refractivity contribution in [3.8, 4) is 6.07 Å². The summed E-state index contributed by atoms with van der Waals surface area (Å²) in [5.41, 5.74) is -0.125. The maximum Gasteiger partial charge on any atom is 0.335 e. The van der Waals surface area contributed by atoms with Crippen LogP contribution in [0.3, 0.4) is 0 Å². The predicted molar refractivity (Wildman–Crippen MR) is 68.7 cm³/mol. The number of nitrogens with zero attached hydrogens (tertiary/aromatic N) is 2. The average molecular weight is 258 g/mol. The molecule has 5 nitrogen and oxygen atoms in total. The van der Waals surface area contributed by atoms with Crippen LogP contribution in [-0.4, -0.2) is 24.0 Å². The maximum absolute atomic E-state index is 12.3. The molecule has 19 heavy (non-hydrogen) atoms. The number of carboxylic acid groups (broad SMARTS) is 1. The summed E-state index contributed by atoms with van der Waals surface area (Å²) < 4.78 is 0. The highest BCUT2D eigenvalue weighted by atomic mass is 16.4. The number of carbonyl (C=O) groups excluding carboxylic acids is 1. The standard InChI is InChI=1S/C14H14N2O3/c1-16(13(19)14(9-15)7-2-8-14)11-5-3-10(4-6-11)12(17)18/h3-6H,2,7-8H2,1H3,(H,17,18). The molecule has 98 valence electrons. The number of anilines is 1. The number of rotatable bonds is 3. The highest BCUT2D eigenvalue weighted by Crippen LogP contribution is 2.42. The molecule has 5 heteroatoms. The van der Waals surface area contributed by atoms with Gasteiger partial charge >= 0.3 is 5.97 Å². The third-order valence-corrected chi connectivity index (χ3v) is 3.64. The molecule has 1 aliphatic rings. The van der Waals surface area contributed by atoms with E-state index in [9.17, 15) is 9.59 Å². The van der Waals surface area contributed by atoms with E-state index in [0.29, 0.717) is 18.5 Å². The van der Waals surface area contributed by atoms with Crippen LogP contribution in [0.25, 0.3) is 0 Å². The number of benzene rings is 1. The van der Waals surface area contributed by atoms with Crippen LogP contribution in [0.1, 0.15) is 29.6 Å². The van der Waals surface area contributed by atoms with Crippen molar-refractivity contribution >= 4 is 17.6 Å². The quantitative estimate of drug-likeness (QED) is 0.899. The predicted octanol–water partition coefficient (Wildman–Crippen LogP) is 2.04. The van der Waals surface area contributed by atoms with E-state index in [2.05, 4.69) is 6.07 Å². The summed E-state index contributed by atoms with van der Waals surface area (Å²) in [6.45, 7) is 0. The van der Waals surface area contributed by atoms with E-state index in [-0.39, 0.29) is 11.5 Å². The Hall–Kier alpha value is -2.35. The number of amides is 1. The number of nitriles is 1. The Morgan fingerprint density at radius 1 is 1.32 bits per heavy atom. The summed E-state index contributed by atoms with van der Waals surface area (Å²) in [4.78, 5) is 24.5. The number of carboxylic acids is 1. The van der Waals surface area contributed by atoms with Crippen LogP contribution in [0.2, 0.25) is 0 Å². The van der Waals surface area contributed by atoms with Crippen LogP contribution >= 0.6 is 0 Å². The van der Waals surface area contributed by atoms with Crippen molar-refractivity contribution in [2.75, 3.05) is 11.9 Å². The molecule has 0 spiro atoms. The topological polar surface area (TPSA) is 81.4 Å². The molecule has 1 aliphatic carbocycles. The van der Waals surface area contributed by atoms with E-state index in [4.69, 9.17) is 10.4 Å². The third kappa shape index (κ3) is 2.17. The molecule has 0 heterocycles. The summed E-state index contributed by atoms with van der Waals surface area (Å²) >= 11 is 0. The minimum Gasteiger partial charge on any atom is -0.478 e. The molecule has 1 amide bonds. The van der Waals surface area contributed by atoms with E-state index in [1.807, 2.05) is 0 Å². The molecule has 0 aromatic heterocycles. The fraction of sp³-hybridized carbons (Fsp3) is 0.357. The SMILES string of the molecule is CN(C(=O)C1(C#N)CCC1)c1ccc(C(=O)O)cc1. The molecule has 1 aromatic rings. The van der Waals surface area contributed by atoms with Crippen LogP contribution in [0.15, 0.2) is 24.3 Å². The maximum atomic E-state index is 12.3. The van der Waals surface area contributed by atoms with E-state index in [0.717, 1.165) is 6.42 Å². The Bertz CT molecular complexity index is 553. The van der Waals surface area contributed by atoms with Gasteiger partial charge in [-0.2, -0.15) is 5.26 Å². The van der Waals surface area contributed by atoms with Gasteiger partial charge in [-0.25, -0.2) is 4.79 Å². The second-order valence-electron chi connectivity index (χ2n) is 4.76. The first-order valence-corrected chi connectivity index (χ1v) is 6.03. The molecule has 0 aliphatic heterocycles. The van der Waals surface area contributed by atoms with Gasteiger partial charge in [0, 0.05) is 12.7 Å². The monoisotopic (exact) mass is 258 g/mol. The van der Waals surface area contributed by atoms with Crippen molar-refractivity contribution < 1.29 is 14.7 Å². The van der Waals surface area contributed by atoms with Crippen molar-refractivity contribution in [3.05, 3.63) is 29.8 Å². The Morgan fingerprint density at radius 3 is 2.26 bits per heavy atom. The normalized spacial score (nSPS) is 16.0. The Kier molecular flexibility index (Phi) is 3.26. The van der Waals surface area contributed by atoms with E-state index in [1.165, 1.54) is 17.0 Å². The van der Waals surface area contributed by atoms with Crippen molar-refractivity contribution in [1.82, 2.24) is 0 Å². The van der Waals surface area contributed by atoms with Crippen LogP contribution < -0.4 is 4.90 Å². The summed E-state index contributed by atoms with van der Waals surface area (Å²) in [6.07, 6.45) is 2.09. The molecule has 0 bridgehead atoms. The lowest BCUT2D eigenvalue weighted by Gasteiger charge is -2.36. The zero-order valence-electron chi connectivity index (χ0n) is 10.6. The van der Waals surface area contributed by atoms with E-state index < -0.39 is 11.4 Å². The number of hydrogen-bond donors (Lipinski definition) is 1. The van der Waals surface area contributed by atoms with Crippen molar-refractivity contribution in [1.29, 1.82) is 5.26 Å². The lowest BCUT2D eigenvalue weighted by atomic mass is 9.69.